The lowest BCUT2D eigenvalue weighted by Gasteiger charge is -2.26. The van der Waals surface area contributed by atoms with E-state index in [2.05, 4.69) is 22.3 Å². The Hall–Kier alpha value is -3.39. The first kappa shape index (κ1) is 22.3. The van der Waals surface area contributed by atoms with Gasteiger partial charge in [-0.25, -0.2) is 9.67 Å². The summed E-state index contributed by atoms with van der Waals surface area (Å²) in [5.74, 6) is 1.37. The van der Waals surface area contributed by atoms with Gasteiger partial charge >= 0.3 is 0 Å². The van der Waals surface area contributed by atoms with E-state index in [0.29, 0.717) is 5.75 Å². The zero-order valence-electron chi connectivity index (χ0n) is 18.6. The molecule has 2 aromatic carbocycles. The average molecular weight is 424 g/mol. The Labute approximate surface area is 182 Å². The number of rotatable bonds is 9. The van der Waals surface area contributed by atoms with Gasteiger partial charge in [-0.1, -0.05) is 12.1 Å². The van der Waals surface area contributed by atoms with Crippen molar-refractivity contribution in [3.63, 3.8) is 0 Å². The highest BCUT2D eigenvalue weighted by Gasteiger charge is 2.19. The molecule has 0 aliphatic carbocycles. The molecule has 2 unspecified atom stereocenters. The summed E-state index contributed by atoms with van der Waals surface area (Å²) in [6, 6.07) is 13.5. The maximum absolute atomic E-state index is 12.7. The number of hydrogen-bond donors (Lipinski definition) is 1. The second kappa shape index (κ2) is 10.1. The van der Waals surface area contributed by atoms with Crippen LogP contribution in [0.1, 0.15) is 37.1 Å². The van der Waals surface area contributed by atoms with Crippen LogP contribution in [0.3, 0.4) is 0 Å². The highest BCUT2D eigenvalue weighted by atomic mass is 16.5. The van der Waals surface area contributed by atoms with Crippen molar-refractivity contribution in [2.24, 2.45) is 0 Å². The summed E-state index contributed by atoms with van der Waals surface area (Å²) >= 11 is 0. The number of benzene rings is 2. The molecule has 2 atom stereocenters. The van der Waals surface area contributed by atoms with Crippen LogP contribution in [0, 0.1) is 0 Å². The number of likely N-dealkylation sites (N-methyl/N-ethyl adjacent to an activating group) is 1. The minimum atomic E-state index is -0.219. The van der Waals surface area contributed by atoms with Crippen LogP contribution in [0.5, 0.6) is 11.5 Å². The number of nitrogens with one attached hydrogen (secondary N) is 1. The topological polar surface area (TPSA) is 81.5 Å². The van der Waals surface area contributed by atoms with Gasteiger partial charge in [-0.3, -0.25) is 9.69 Å². The fourth-order valence-electron chi connectivity index (χ4n) is 3.41. The van der Waals surface area contributed by atoms with Crippen molar-refractivity contribution in [2.75, 3.05) is 27.8 Å². The summed E-state index contributed by atoms with van der Waals surface area (Å²) in [5, 5.41) is 7.19. The van der Waals surface area contributed by atoms with Crippen LogP contribution in [-0.4, -0.2) is 53.4 Å². The van der Waals surface area contributed by atoms with Gasteiger partial charge in [0.25, 0.3) is 0 Å². The fourth-order valence-corrected chi connectivity index (χ4v) is 3.41. The Morgan fingerprint density at radius 1 is 1.13 bits per heavy atom. The van der Waals surface area contributed by atoms with Gasteiger partial charge in [-0.05, 0) is 56.8 Å². The highest BCUT2D eigenvalue weighted by Crippen LogP contribution is 2.29. The lowest BCUT2D eigenvalue weighted by atomic mass is 10.1. The van der Waals surface area contributed by atoms with E-state index >= 15 is 0 Å². The summed E-state index contributed by atoms with van der Waals surface area (Å²) in [6.07, 6.45) is 3.17. The van der Waals surface area contributed by atoms with Gasteiger partial charge in [-0.2, -0.15) is 5.10 Å². The fraction of sp³-hybridized carbons (Fsp3) is 0.348. The van der Waals surface area contributed by atoms with Gasteiger partial charge in [-0.15, -0.1) is 0 Å². The first-order valence-corrected chi connectivity index (χ1v) is 10.1. The molecule has 0 aliphatic heterocycles. The SMILES string of the molecule is COc1ccc(OC)c(C(C)NC(=O)CN(C)C(C)c2ccc(-n3cncn3)cc2)c1. The molecular formula is C23H29N5O3. The predicted octanol–water partition coefficient (Wildman–Crippen LogP) is 3.15. The average Bonchev–Trinajstić information content (AvgIpc) is 3.33. The number of nitrogens with zero attached hydrogens (tertiary/aromatic N) is 4. The van der Waals surface area contributed by atoms with E-state index < -0.39 is 0 Å². The molecular weight excluding hydrogens is 394 g/mol. The number of aromatic nitrogens is 3. The monoisotopic (exact) mass is 423 g/mol. The van der Waals surface area contributed by atoms with Crippen molar-refractivity contribution in [1.82, 2.24) is 25.0 Å². The van der Waals surface area contributed by atoms with E-state index in [1.54, 1.807) is 25.2 Å². The number of hydrogen-bond acceptors (Lipinski definition) is 6. The third-order valence-electron chi connectivity index (χ3n) is 5.39. The molecule has 0 fully saturated rings. The Kier molecular flexibility index (Phi) is 7.25. The standard InChI is InChI=1S/C23H29N5O3/c1-16(21-12-20(30-4)10-11-22(21)31-5)26-23(29)13-27(3)17(2)18-6-8-19(9-7-18)28-15-24-14-25-28/h6-12,14-17H,13H2,1-5H3,(H,26,29). The molecule has 0 saturated heterocycles. The van der Waals surface area contributed by atoms with Crippen LogP contribution in [0.25, 0.3) is 5.69 Å². The van der Waals surface area contributed by atoms with Crippen molar-refractivity contribution >= 4 is 5.91 Å². The Bertz CT molecular complexity index is 989. The van der Waals surface area contributed by atoms with E-state index in [-0.39, 0.29) is 24.5 Å². The minimum Gasteiger partial charge on any atom is -0.497 e. The largest absolute Gasteiger partial charge is 0.497 e. The molecule has 8 nitrogen and oxygen atoms in total. The summed E-state index contributed by atoms with van der Waals surface area (Å²) in [7, 11) is 5.17. The van der Waals surface area contributed by atoms with Crippen LogP contribution < -0.4 is 14.8 Å². The normalized spacial score (nSPS) is 13.0. The number of ether oxygens (including phenoxy) is 2. The summed E-state index contributed by atoms with van der Waals surface area (Å²) in [6.45, 7) is 4.27. The van der Waals surface area contributed by atoms with E-state index in [1.165, 1.54) is 6.33 Å². The number of carbonyl (C=O) groups is 1. The molecule has 0 aliphatic rings. The summed E-state index contributed by atoms with van der Waals surface area (Å²) in [5.41, 5.74) is 2.92. The second-order valence-corrected chi connectivity index (χ2v) is 7.42. The number of amides is 1. The van der Waals surface area contributed by atoms with Crippen LogP contribution in [0.15, 0.2) is 55.1 Å². The van der Waals surface area contributed by atoms with Crippen molar-refractivity contribution in [3.05, 3.63) is 66.2 Å². The molecule has 164 valence electrons. The van der Waals surface area contributed by atoms with Gasteiger partial charge < -0.3 is 14.8 Å². The Morgan fingerprint density at radius 3 is 2.48 bits per heavy atom. The van der Waals surface area contributed by atoms with Crippen molar-refractivity contribution in [3.8, 4) is 17.2 Å². The van der Waals surface area contributed by atoms with E-state index in [0.717, 1.165) is 22.6 Å². The van der Waals surface area contributed by atoms with E-state index in [9.17, 15) is 4.79 Å². The Balaban J connectivity index is 1.61. The van der Waals surface area contributed by atoms with Crippen LogP contribution >= 0.6 is 0 Å². The molecule has 3 aromatic rings. The number of carbonyl (C=O) groups excluding carboxylic acids is 1. The zero-order chi connectivity index (χ0) is 22.4. The highest BCUT2D eigenvalue weighted by molar-refractivity contribution is 5.78. The smallest absolute Gasteiger partial charge is 0.234 e. The third-order valence-corrected chi connectivity index (χ3v) is 5.39. The first-order chi connectivity index (χ1) is 14.9. The molecule has 0 spiro atoms. The van der Waals surface area contributed by atoms with Crippen LogP contribution in [0.4, 0.5) is 0 Å². The van der Waals surface area contributed by atoms with Gasteiger partial charge in [0.2, 0.25) is 5.91 Å². The Morgan fingerprint density at radius 2 is 1.87 bits per heavy atom. The van der Waals surface area contributed by atoms with Gasteiger partial charge in [0.1, 0.15) is 24.2 Å². The molecule has 0 bridgehead atoms. The van der Waals surface area contributed by atoms with Gasteiger partial charge in [0.15, 0.2) is 0 Å². The molecule has 1 heterocycles. The molecule has 0 saturated carbocycles. The molecule has 1 amide bonds. The van der Waals surface area contributed by atoms with Crippen LogP contribution in [-0.2, 0) is 4.79 Å². The predicted molar refractivity (Wildman–Crippen MR) is 119 cm³/mol. The molecule has 1 N–H and O–H groups in total. The maximum Gasteiger partial charge on any atom is 0.234 e. The van der Waals surface area contributed by atoms with Gasteiger partial charge in [0, 0.05) is 11.6 Å². The molecule has 0 radical (unpaired) electrons. The van der Waals surface area contributed by atoms with Crippen molar-refractivity contribution < 1.29 is 14.3 Å². The van der Waals surface area contributed by atoms with E-state index in [4.69, 9.17) is 9.47 Å². The summed E-state index contributed by atoms with van der Waals surface area (Å²) in [4.78, 5) is 18.7. The lowest BCUT2D eigenvalue weighted by molar-refractivity contribution is -0.123. The van der Waals surface area contributed by atoms with Gasteiger partial charge in [0.05, 0.1) is 32.5 Å². The first-order valence-electron chi connectivity index (χ1n) is 10.1. The van der Waals surface area contributed by atoms with Crippen molar-refractivity contribution in [1.29, 1.82) is 0 Å². The molecule has 1 aromatic heterocycles. The van der Waals surface area contributed by atoms with E-state index in [1.807, 2.05) is 61.3 Å². The molecule has 3 rings (SSSR count). The summed E-state index contributed by atoms with van der Waals surface area (Å²) < 4.78 is 12.4. The quantitative estimate of drug-likeness (QED) is 0.569. The molecule has 8 heteroatoms. The number of methoxy groups -OCH3 is 2. The minimum absolute atomic E-state index is 0.0639. The van der Waals surface area contributed by atoms with Crippen LogP contribution in [0.2, 0.25) is 0 Å². The third kappa shape index (κ3) is 5.40. The zero-order valence-corrected chi connectivity index (χ0v) is 18.6. The second-order valence-electron chi connectivity index (χ2n) is 7.42. The lowest BCUT2D eigenvalue weighted by Crippen LogP contribution is -2.37. The maximum atomic E-state index is 12.7. The van der Waals surface area contributed by atoms with Crippen molar-refractivity contribution in [2.45, 2.75) is 25.9 Å². The molecule has 31 heavy (non-hydrogen) atoms.